The highest BCUT2D eigenvalue weighted by Crippen LogP contribution is 2.33. The zero-order chi connectivity index (χ0) is 39.3. The van der Waals surface area contributed by atoms with Gasteiger partial charge in [0.25, 0.3) is 22.3 Å². The lowest BCUT2D eigenvalue weighted by Crippen LogP contribution is -2.39. The van der Waals surface area contributed by atoms with Gasteiger partial charge in [0.05, 0.1) is 39.3 Å². The molecule has 288 valence electrons. The van der Waals surface area contributed by atoms with E-state index in [0.29, 0.717) is 61.1 Å². The molecule has 0 aliphatic carbocycles. The largest absolute Gasteiger partial charge is 0.481 e. The van der Waals surface area contributed by atoms with Gasteiger partial charge in [0.1, 0.15) is 24.3 Å². The van der Waals surface area contributed by atoms with Crippen LogP contribution in [0.4, 0.5) is 21.2 Å². The quantitative estimate of drug-likeness (QED) is 0.166. The maximum atomic E-state index is 12.0. The van der Waals surface area contributed by atoms with Gasteiger partial charge in [0, 0.05) is 37.0 Å². The number of hydrogen-bond donors (Lipinski definition) is 3. The van der Waals surface area contributed by atoms with Gasteiger partial charge in [-0.05, 0) is 104 Å². The SMILES string of the molecule is CCOC(=O)C1CCN(c2ncnc3ccc(C=C4SC(=O)NC4=O)cc23)CC1.O=C1NC(=O)C(=Cc2ccc3ncnc(N4CCCC(C(=O)O)C4)c3c2)S1. The van der Waals surface area contributed by atoms with Crippen LogP contribution in [0.3, 0.4) is 0 Å². The number of thioether (sulfide) groups is 2. The number of fused-ring (bicyclic) bond motifs is 2. The summed E-state index contributed by atoms with van der Waals surface area (Å²) in [5.41, 5.74) is 3.07. The molecule has 1 atom stereocenters. The minimum Gasteiger partial charge on any atom is -0.481 e. The Bertz CT molecular complexity index is 2330. The lowest BCUT2D eigenvalue weighted by molar-refractivity contribution is -0.148. The number of carbonyl (C=O) groups excluding carboxylic acids is 5. The van der Waals surface area contributed by atoms with E-state index in [1.165, 1.54) is 12.7 Å². The van der Waals surface area contributed by atoms with Crippen LogP contribution in [0.15, 0.2) is 58.9 Å². The maximum Gasteiger partial charge on any atom is 0.309 e. The van der Waals surface area contributed by atoms with Gasteiger partial charge in [-0.2, -0.15) is 0 Å². The Balaban J connectivity index is 0.000000172. The molecule has 56 heavy (non-hydrogen) atoms. The van der Waals surface area contributed by atoms with Gasteiger partial charge in [-0.25, -0.2) is 19.9 Å². The number of amides is 4. The van der Waals surface area contributed by atoms with Gasteiger partial charge in [-0.1, -0.05) is 12.1 Å². The molecule has 4 aromatic rings. The number of aromatic nitrogens is 4. The van der Waals surface area contributed by atoms with Crippen LogP contribution in [0, 0.1) is 11.8 Å². The number of benzene rings is 2. The molecule has 2 aromatic heterocycles. The Morgan fingerprint density at radius 1 is 0.768 bits per heavy atom. The Kier molecular flexibility index (Phi) is 11.6. The van der Waals surface area contributed by atoms with Crippen molar-refractivity contribution in [1.29, 1.82) is 0 Å². The minimum absolute atomic E-state index is 0.0740. The number of ether oxygens (including phenoxy) is 1. The van der Waals surface area contributed by atoms with Gasteiger partial charge in [-0.3, -0.25) is 39.4 Å². The normalized spacial score (nSPS) is 20.3. The molecule has 8 rings (SSSR count). The van der Waals surface area contributed by atoms with E-state index in [-0.39, 0.29) is 28.3 Å². The predicted molar refractivity (Wildman–Crippen MR) is 211 cm³/mol. The molecule has 3 N–H and O–H groups in total. The zero-order valence-electron chi connectivity index (χ0n) is 30.1. The lowest BCUT2D eigenvalue weighted by atomic mass is 9.96. The van der Waals surface area contributed by atoms with E-state index in [2.05, 4.69) is 35.5 Å². The molecule has 0 bridgehead atoms. The van der Waals surface area contributed by atoms with Crippen molar-refractivity contribution in [1.82, 2.24) is 30.6 Å². The summed E-state index contributed by atoms with van der Waals surface area (Å²) in [4.78, 5) is 91.9. The molecular formula is C38H36N8O8S2. The topological polar surface area (TPSA) is 214 Å². The Morgan fingerprint density at radius 2 is 1.30 bits per heavy atom. The van der Waals surface area contributed by atoms with Crippen LogP contribution < -0.4 is 20.4 Å². The summed E-state index contributed by atoms with van der Waals surface area (Å²) in [5.74, 6) is -0.717. The first kappa shape index (κ1) is 38.4. The maximum absolute atomic E-state index is 12.0. The molecule has 16 nitrogen and oxygen atoms in total. The number of nitrogens with one attached hydrogen (secondary N) is 2. The number of carboxylic acid groups (broad SMARTS) is 1. The summed E-state index contributed by atoms with van der Waals surface area (Å²) in [6.07, 6.45) is 9.22. The summed E-state index contributed by atoms with van der Waals surface area (Å²) in [6, 6.07) is 11.2. The standard InChI is InChI=1S/C20H20N4O4S.C18H16N4O4S/c1-2-28-19(26)13-5-7-24(8-6-13)17-14-9-12(3-4-15(14)21-11-22-17)10-16-18(25)23-20(27)29-16;23-16-14(27-18(26)21-16)7-10-3-4-13-12(6-10)15(20-9-19-13)22-5-1-2-11(8-22)17(24)25/h3-4,9-11,13H,2,5-8H2,1H3,(H,23,25,27);3-4,6-7,9,11H,1-2,5,8H2,(H,24,25)(H,21,23,26). The van der Waals surface area contributed by atoms with Crippen molar-refractivity contribution >= 4 is 103 Å². The molecule has 4 aliphatic heterocycles. The molecule has 0 spiro atoms. The summed E-state index contributed by atoms with van der Waals surface area (Å²) >= 11 is 1.75. The molecule has 0 radical (unpaired) electrons. The first-order chi connectivity index (χ1) is 27.1. The fraction of sp³-hybridized carbons (Fsp3) is 0.316. The van der Waals surface area contributed by atoms with Gasteiger partial charge in [0.15, 0.2) is 0 Å². The first-order valence-electron chi connectivity index (χ1n) is 17.9. The van der Waals surface area contributed by atoms with E-state index in [0.717, 1.165) is 75.2 Å². The first-order valence-corrected chi connectivity index (χ1v) is 19.6. The van der Waals surface area contributed by atoms with E-state index in [4.69, 9.17) is 4.74 Å². The van der Waals surface area contributed by atoms with Crippen molar-refractivity contribution in [3.05, 3.63) is 70.0 Å². The average Bonchev–Trinajstić information content (AvgIpc) is 3.70. The number of esters is 1. The third-order valence-corrected chi connectivity index (χ3v) is 11.3. The van der Waals surface area contributed by atoms with E-state index >= 15 is 0 Å². The van der Waals surface area contributed by atoms with E-state index < -0.39 is 17.8 Å². The summed E-state index contributed by atoms with van der Waals surface area (Å²) in [7, 11) is 0. The summed E-state index contributed by atoms with van der Waals surface area (Å²) in [5, 5.41) is 14.7. The molecule has 4 aliphatic rings. The number of hydrogen-bond acceptors (Lipinski definition) is 15. The van der Waals surface area contributed by atoms with Crippen LogP contribution in [-0.2, 0) is 23.9 Å². The number of imide groups is 2. The summed E-state index contributed by atoms with van der Waals surface area (Å²) in [6.45, 7) is 4.75. The van der Waals surface area contributed by atoms with Crippen molar-refractivity contribution in [3.63, 3.8) is 0 Å². The van der Waals surface area contributed by atoms with Crippen LogP contribution in [0.25, 0.3) is 34.0 Å². The third kappa shape index (κ3) is 8.65. The molecule has 4 saturated heterocycles. The predicted octanol–water partition coefficient (Wildman–Crippen LogP) is 4.99. The second-order valence-electron chi connectivity index (χ2n) is 13.3. The van der Waals surface area contributed by atoms with Crippen LogP contribution >= 0.6 is 23.5 Å². The summed E-state index contributed by atoms with van der Waals surface area (Å²) < 4.78 is 5.14. The molecule has 0 saturated carbocycles. The molecular weight excluding hydrogens is 761 g/mol. The van der Waals surface area contributed by atoms with Crippen molar-refractivity contribution in [2.24, 2.45) is 11.8 Å². The second kappa shape index (κ2) is 16.9. The van der Waals surface area contributed by atoms with E-state index in [1.54, 1.807) is 12.2 Å². The van der Waals surface area contributed by atoms with E-state index in [9.17, 15) is 33.9 Å². The second-order valence-corrected chi connectivity index (χ2v) is 15.3. The van der Waals surface area contributed by atoms with Crippen LogP contribution in [-0.4, -0.2) is 92.1 Å². The molecule has 6 heterocycles. The number of piperidine rings is 2. The number of rotatable bonds is 7. The molecule has 2 aromatic carbocycles. The number of carboxylic acids is 1. The van der Waals surface area contributed by atoms with Gasteiger partial charge >= 0.3 is 11.9 Å². The Morgan fingerprint density at radius 3 is 1.79 bits per heavy atom. The van der Waals surface area contributed by atoms with Crippen molar-refractivity contribution in [2.75, 3.05) is 42.6 Å². The highest BCUT2D eigenvalue weighted by atomic mass is 32.2. The minimum atomic E-state index is -0.794. The van der Waals surface area contributed by atoms with Crippen LogP contribution in [0.2, 0.25) is 0 Å². The molecule has 4 amide bonds. The zero-order valence-corrected chi connectivity index (χ0v) is 31.7. The number of aliphatic carboxylic acids is 1. The monoisotopic (exact) mass is 796 g/mol. The number of anilines is 2. The van der Waals surface area contributed by atoms with Crippen molar-refractivity contribution in [2.45, 2.75) is 32.6 Å². The average molecular weight is 797 g/mol. The van der Waals surface area contributed by atoms with Gasteiger partial charge < -0.3 is 19.6 Å². The van der Waals surface area contributed by atoms with Crippen LogP contribution in [0.5, 0.6) is 0 Å². The fourth-order valence-electron chi connectivity index (χ4n) is 6.91. The molecule has 1 unspecified atom stereocenters. The van der Waals surface area contributed by atoms with Crippen molar-refractivity contribution < 1.29 is 38.6 Å². The molecule has 4 fully saturated rings. The lowest BCUT2D eigenvalue weighted by Gasteiger charge is -2.32. The smallest absolute Gasteiger partial charge is 0.309 e. The number of nitrogens with zero attached hydrogens (tertiary/aromatic N) is 6. The highest BCUT2D eigenvalue weighted by Gasteiger charge is 2.30. The fourth-order valence-corrected chi connectivity index (χ4v) is 8.27. The molecule has 18 heteroatoms. The highest BCUT2D eigenvalue weighted by molar-refractivity contribution is 8.18. The Hall–Kier alpha value is -5.88. The van der Waals surface area contributed by atoms with Crippen LogP contribution in [0.1, 0.15) is 43.7 Å². The number of carbonyl (C=O) groups is 6. The third-order valence-electron chi connectivity index (χ3n) is 9.64. The van der Waals surface area contributed by atoms with Crippen molar-refractivity contribution in [3.8, 4) is 0 Å². The van der Waals surface area contributed by atoms with Gasteiger partial charge in [-0.15, -0.1) is 0 Å². The Labute approximate surface area is 328 Å². The van der Waals surface area contributed by atoms with Gasteiger partial charge in [0.2, 0.25) is 0 Å². The van der Waals surface area contributed by atoms with E-state index in [1.807, 2.05) is 48.2 Å².